The molecule has 0 saturated carbocycles. The Labute approximate surface area is 172 Å². The number of ether oxygens (including phenoxy) is 4. The zero-order chi connectivity index (χ0) is 21.1. The van der Waals surface area contributed by atoms with Crippen LogP contribution in [0.5, 0.6) is 23.0 Å². The highest BCUT2D eigenvalue weighted by molar-refractivity contribution is 5.98. The van der Waals surface area contributed by atoms with Crippen molar-refractivity contribution in [2.75, 3.05) is 13.7 Å². The lowest BCUT2D eigenvalue weighted by atomic mass is 9.95. The Bertz CT molecular complexity index is 943. The van der Waals surface area contributed by atoms with Crippen LogP contribution in [0.2, 0.25) is 0 Å². The highest BCUT2D eigenvalue weighted by atomic mass is 16.6. The van der Waals surface area contributed by atoms with Gasteiger partial charge in [-0.3, -0.25) is 0 Å². The predicted molar refractivity (Wildman–Crippen MR) is 113 cm³/mol. The van der Waals surface area contributed by atoms with Crippen molar-refractivity contribution in [3.05, 3.63) is 53.1 Å². The highest BCUT2D eigenvalue weighted by Gasteiger charge is 2.29. The first-order valence-corrected chi connectivity index (χ1v) is 9.86. The number of carbonyl (C=O) groups excluding carboxylic acids is 1. The molecule has 1 aliphatic rings. The first kappa shape index (κ1) is 20.8. The maximum Gasteiger partial charge on any atom is 0.346 e. The van der Waals surface area contributed by atoms with Crippen molar-refractivity contribution in [2.45, 2.75) is 40.7 Å². The molecular weight excluding hydrogens is 368 g/mol. The molecule has 3 rings (SSSR count). The van der Waals surface area contributed by atoms with Crippen LogP contribution in [-0.2, 0) is 11.3 Å². The quantitative estimate of drug-likeness (QED) is 0.567. The molecule has 2 aromatic carbocycles. The van der Waals surface area contributed by atoms with Gasteiger partial charge in [0.2, 0.25) is 0 Å². The van der Waals surface area contributed by atoms with E-state index in [1.807, 2.05) is 32.0 Å². The van der Waals surface area contributed by atoms with Crippen molar-refractivity contribution in [3.63, 3.8) is 0 Å². The van der Waals surface area contributed by atoms with Crippen LogP contribution in [0.4, 0.5) is 0 Å². The SMILES string of the molecule is C=C(CC(C)C)c1ccc2c(c1OC)C(=O)OCc1cc(C)cc(OCC)c1O2. The van der Waals surface area contributed by atoms with Gasteiger partial charge in [-0.2, -0.15) is 0 Å². The summed E-state index contributed by atoms with van der Waals surface area (Å²) in [5.74, 6) is 1.92. The number of hydrogen-bond donors (Lipinski definition) is 0. The standard InChI is InChI=1S/C24H28O5/c1-7-27-20-12-15(4)11-17-13-28-24(25)21-19(29-22(17)20)9-8-18(23(21)26-6)16(5)10-14(2)3/h8-9,11-12,14H,5,7,10,13H2,1-4,6H3. The summed E-state index contributed by atoms with van der Waals surface area (Å²) in [5.41, 5.74) is 3.73. The number of hydrogen-bond acceptors (Lipinski definition) is 5. The molecule has 1 aliphatic heterocycles. The largest absolute Gasteiger partial charge is 0.495 e. The summed E-state index contributed by atoms with van der Waals surface area (Å²) in [4.78, 5) is 12.9. The molecule has 0 fully saturated rings. The topological polar surface area (TPSA) is 54.0 Å². The molecule has 0 amide bonds. The maximum absolute atomic E-state index is 12.9. The van der Waals surface area contributed by atoms with Gasteiger partial charge in [0, 0.05) is 11.1 Å². The lowest BCUT2D eigenvalue weighted by Gasteiger charge is -2.23. The summed E-state index contributed by atoms with van der Waals surface area (Å²) < 4.78 is 23.2. The summed E-state index contributed by atoms with van der Waals surface area (Å²) in [6, 6.07) is 7.50. The van der Waals surface area contributed by atoms with E-state index in [-0.39, 0.29) is 12.2 Å². The second-order valence-corrected chi connectivity index (χ2v) is 7.58. The second-order valence-electron chi connectivity index (χ2n) is 7.58. The molecular formula is C24H28O5. The predicted octanol–water partition coefficient (Wildman–Crippen LogP) is 5.92. The van der Waals surface area contributed by atoms with Crippen LogP contribution in [0.3, 0.4) is 0 Å². The van der Waals surface area contributed by atoms with Gasteiger partial charge in [-0.15, -0.1) is 0 Å². The van der Waals surface area contributed by atoms with Gasteiger partial charge in [-0.1, -0.05) is 20.4 Å². The van der Waals surface area contributed by atoms with E-state index in [9.17, 15) is 4.79 Å². The lowest BCUT2D eigenvalue weighted by molar-refractivity contribution is 0.0454. The van der Waals surface area contributed by atoms with Gasteiger partial charge < -0.3 is 18.9 Å². The molecule has 0 saturated heterocycles. The number of allylic oxidation sites excluding steroid dienone is 1. The third kappa shape index (κ3) is 4.24. The fraction of sp³-hybridized carbons (Fsp3) is 0.375. The first-order chi connectivity index (χ1) is 13.8. The summed E-state index contributed by atoms with van der Waals surface area (Å²) in [6.45, 7) is 12.9. The van der Waals surface area contributed by atoms with Crippen molar-refractivity contribution < 1.29 is 23.7 Å². The Balaban J connectivity index is 2.15. The molecule has 5 nitrogen and oxygen atoms in total. The van der Waals surface area contributed by atoms with E-state index in [1.54, 1.807) is 6.07 Å². The Morgan fingerprint density at radius 2 is 2.03 bits per heavy atom. The van der Waals surface area contributed by atoms with Gasteiger partial charge in [0.25, 0.3) is 0 Å². The molecule has 2 aromatic rings. The van der Waals surface area contributed by atoms with E-state index in [1.165, 1.54) is 7.11 Å². The van der Waals surface area contributed by atoms with Crippen molar-refractivity contribution in [2.24, 2.45) is 5.92 Å². The summed E-state index contributed by atoms with van der Waals surface area (Å²) in [5, 5.41) is 0. The molecule has 5 heteroatoms. The zero-order valence-electron chi connectivity index (χ0n) is 17.8. The van der Waals surface area contributed by atoms with Crippen LogP contribution in [0.1, 0.15) is 54.2 Å². The number of cyclic esters (lactones) is 1. The minimum Gasteiger partial charge on any atom is -0.495 e. The molecule has 0 aliphatic carbocycles. The van der Waals surface area contributed by atoms with Gasteiger partial charge >= 0.3 is 5.97 Å². The number of methoxy groups -OCH3 is 1. The van der Waals surface area contributed by atoms with Crippen LogP contribution in [-0.4, -0.2) is 19.7 Å². The van der Waals surface area contributed by atoms with Crippen LogP contribution in [0.25, 0.3) is 5.57 Å². The van der Waals surface area contributed by atoms with Crippen LogP contribution >= 0.6 is 0 Å². The van der Waals surface area contributed by atoms with Crippen molar-refractivity contribution in [1.29, 1.82) is 0 Å². The molecule has 0 spiro atoms. The number of fused-ring (bicyclic) bond motifs is 2. The monoisotopic (exact) mass is 396 g/mol. The van der Waals surface area contributed by atoms with Crippen LogP contribution in [0, 0.1) is 12.8 Å². The number of esters is 1. The highest BCUT2D eigenvalue weighted by Crippen LogP contribution is 2.44. The third-order valence-electron chi connectivity index (χ3n) is 4.71. The van der Waals surface area contributed by atoms with Crippen molar-refractivity contribution in [3.8, 4) is 23.0 Å². The Morgan fingerprint density at radius 3 is 2.69 bits per heavy atom. The Kier molecular flexibility index (Phi) is 6.16. The van der Waals surface area contributed by atoms with E-state index in [0.29, 0.717) is 35.5 Å². The van der Waals surface area contributed by atoms with Crippen LogP contribution in [0.15, 0.2) is 30.8 Å². The number of carbonyl (C=O) groups is 1. The molecule has 29 heavy (non-hydrogen) atoms. The average molecular weight is 396 g/mol. The molecule has 0 atom stereocenters. The van der Waals surface area contributed by atoms with E-state index in [2.05, 4.69) is 20.4 Å². The Hall–Kier alpha value is -2.95. The molecule has 0 aromatic heterocycles. The van der Waals surface area contributed by atoms with E-state index < -0.39 is 5.97 Å². The molecule has 0 radical (unpaired) electrons. The zero-order valence-corrected chi connectivity index (χ0v) is 17.8. The van der Waals surface area contributed by atoms with Crippen LogP contribution < -0.4 is 14.2 Å². The van der Waals surface area contributed by atoms with Gasteiger partial charge in [-0.25, -0.2) is 4.79 Å². The minimum absolute atomic E-state index is 0.0929. The lowest BCUT2D eigenvalue weighted by Crippen LogP contribution is -2.14. The van der Waals surface area contributed by atoms with Gasteiger partial charge in [0.1, 0.15) is 23.7 Å². The second kappa shape index (κ2) is 8.60. The maximum atomic E-state index is 12.9. The molecule has 0 bridgehead atoms. The fourth-order valence-electron chi connectivity index (χ4n) is 3.56. The van der Waals surface area contributed by atoms with Gasteiger partial charge in [0.15, 0.2) is 11.5 Å². The van der Waals surface area contributed by atoms with E-state index in [4.69, 9.17) is 18.9 Å². The fourth-order valence-corrected chi connectivity index (χ4v) is 3.56. The number of rotatable bonds is 6. The summed E-state index contributed by atoms with van der Waals surface area (Å²) in [7, 11) is 1.54. The third-order valence-corrected chi connectivity index (χ3v) is 4.71. The minimum atomic E-state index is -0.485. The Morgan fingerprint density at radius 1 is 1.28 bits per heavy atom. The summed E-state index contributed by atoms with van der Waals surface area (Å²) >= 11 is 0. The van der Waals surface area contributed by atoms with E-state index in [0.717, 1.165) is 28.7 Å². The molecule has 0 N–H and O–H groups in total. The normalized spacial score (nSPS) is 12.8. The van der Waals surface area contributed by atoms with Gasteiger partial charge in [0.05, 0.1) is 13.7 Å². The molecule has 154 valence electrons. The first-order valence-electron chi connectivity index (χ1n) is 9.86. The average Bonchev–Trinajstić information content (AvgIpc) is 2.66. The van der Waals surface area contributed by atoms with E-state index >= 15 is 0 Å². The van der Waals surface area contributed by atoms with Crippen molar-refractivity contribution >= 4 is 11.5 Å². The van der Waals surface area contributed by atoms with Gasteiger partial charge in [-0.05, 0) is 61.6 Å². The van der Waals surface area contributed by atoms with Crippen molar-refractivity contribution in [1.82, 2.24) is 0 Å². The number of benzene rings is 2. The number of aryl methyl sites for hydroxylation is 1. The smallest absolute Gasteiger partial charge is 0.346 e. The summed E-state index contributed by atoms with van der Waals surface area (Å²) in [6.07, 6.45) is 0.793. The molecule has 0 unspecified atom stereocenters. The molecule has 1 heterocycles.